The molecule has 2 heterocycles. The van der Waals surface area contributed by atoms with Crippen molar-refractivity contribution in [2.75, 3.05) is 37.6 Å². The summed E-state index contributed by atoms with van der Waals surface area (Å²) < 4.78 is 0. The first kappa shape index (κ1) is 17.8. The molecule has 4 heteroatoms. The van der Waals surface area contributed by atoms with Gasteiger partial charge in [-0.25, -0.2) is 0 Å². The summed E-state index contributed by atoms with van der Waals surface area (Å²) in [7, 11) is 0. The van der Waals surface area contributed by atoms with Crippen LogP contribution >= 0.6 is 11.6 Å². The summed E-state index contributed by atoms with van der Waals surface area (Å²) in [6, 6.07) is 17.8. The van der Waals surface area contributed by atoms with Crippen LogP contribution < -0.4 is 10.2 Å². The maximum absolute atomic E-state index is 5.93. The lowest BCUT2D eigenvalue weighted by Crippen LogP contribution is -2.46. The molecule has 3 nitrogen and oxygen atoms in total. The Morgan fingerprint density at radius 3 is 2.54 bits per heavy atom. The molecule has 1 saturated heterocycles. The Balaban J connectivity index is 1.18. The average molecular weight is 370 g/mol. The van der Waals surface area contributed by atoms with Gasteiger partial charge in [-0.05, 0) is 48.6 Å². The van der Waals surface area contributed by atoms with Gasteiger partial charge >= 0.3 is 0 Å². The molecule has 0 aromatic heterocycles. The third-order valence-electron chi connectivity index (χ3n) is 5.77. The van der Waals surface area contributed by atoms with Crippen LogP contribution in [0.5, 0.6) is 0 Å². The number of benzene rings is 2. The van der Waals surface area contributed by atoms with Gasteiger partial charge in [-0.15, -0.1) is 0 Å². The molecule has 0 saturated carbocycles. The van der Waals surface area contributed by atoms with Crippen molar-refractivity contribution >= 4 is 17.3 Å². The molecule has 1 N–H and O–H groups in total. The van der Waals surface area contributed by atoms with Crippen LogP contribution in [0.1, 0.15) is 24.0 Å². The minimum atomic E-state index is 0.719. The van der Waals surface area contributed by atoms with Gasteiger partial charge in [0.15, 0.2) is 0 Å². The molecule has 2 aliphatic heterocycles. The first-order valence-electron chi connectivity index (χ1n) is 9.82. The first-order chi connectivity index (χ1) is 12.8. The summed E-state index contributed by atoms with van der Waals surface area (Å²) in [5.74, 6) is 0. The molecule has 0 radical (unpaired) electrons. The van der Waals surface area contributed by atoms with Crippen LogP contribution in [0.15, 0.2) is 48.5 Å². The van der Waals surface area contributed by atoms with Gasteiger partial charge in [0.1, 0.15) is 0 Å². The number of hydrogen-bond acceptors (Lipinski definition) is 3. The number of hydrogen-bond donors (Lipinski definition) is 1. The minimum Gasteiger partial charge on any atom is -0.368 e. The van der Waals surface area contributed by atoms with E-state index >= 15 is 0 Å². The zero-order chi connectivity index (χ0) is 17.8. The van der Waals surface area contributed by atoms with Crippen LogP contribution in [-0.4, -0.2) is 43.7 Å². The smallest absolute Gasteiger partial charge is 0.0406 e. The van der Waals surface area contributed by atoms with E-state index in [1.165, 1.54) is 55.7 Å². The predicted molar refractivity (Wildman–Crippen MR) is 110 cm³/mol. The van der Waals surface area contributed by atoms with Gasteiger partial charge < -0.3 is 15.1 Å². The Kier molecular flexibility index (Phi) is 5.78. The molecule has 2 aromatic rings. The monoisotopic (exact) mass is 369 g/mol. The topological polar surface area (TPSA) is 18.5 Å². The lowest BCUT2D eigenvalue weighted by molar-refractivity contribution is 0.210. The van der Waals surface area contributed by atoms with E-state index in [0.29, 0.717) is 0 Å². The molecular weight excluding hydrogens is 342 g/mol. The molecule has 0 unspecified atom stereocenters. The highest BCUT2D eigenvalue weighted by Gasteiger charge is 2.28. The van der Waals surface area contributed by atoms with Crippen molar-refractivity contribution in [3.8, 4) is 0 Å². The van der Waals surface area contributed by atoms with E-state index in [4.69, 9.17) is 11.6 Å². The quantitative estimate of drug-likeness (QED) is 0.777. The summed E-state index contributed by atoms with van der Waals surface area (Å²) in [5, 5.41) is 4.36. The van der Waals surface area contributed by atoms with Crippen LogP contribution in [0.2, 0.25) is 5.02 Å². The number of piperidine rings is 1. The Labute approximate surface area is 161 Å². The maximum Gasteiger partial charge on any atom is 0.0406 e. The van der Waals surface area contributed by atoms with Gasteiger partial charge in [-0.2, -0.15) is 0 Å². The Hall–Kier alpha value is -1.55. The van der Waals surface area contributed by atoms with Crippen molar-refractivity contribution < 1.29 is 0 Å². The Morgan fingerprint density at radius 1 is 0.962 bits per heavy atom. The SMILES string of the molecule is Clc1ccc(CNCCN2CCC(N3CCc4ccccc43)CC2)cc1. The number of fused-ring (bicyclic) bond motifs is 1. The molecule has 26 heavy (non-hydrogen) atoms. The highest BCUT2D eigenvalue weighted by molar-refractivity contribution is 6.30. The Bertz CT molecular complexity index is 708. The van der Waals surface area contributed by atoms with Crippen molar-refractivity contribution in [3.63, 3.8) is 0 Å². The average Bonchev–Trinajstić information content (AvgIpc) is 3.11. The van der Waals surface area contributed by atoms with E-state index in [1.807, 2.05) is 12.1 Å². The third kappa shape index (κ3) is 4.22. The highest BCUT2D eigenvalue weighted by Crippen LogP contribution is 2.32. The number of nitrogens with zero attached hydrogens (tertiary/aromatic N) is 2. The van der Waals surface area contributed by atoms with Crippen molar-refractivity contribution in [2.24, 2.45) is 0 Å². The van der Waals surface area contributed by atoms with Crippen molar-refractivity contribution in [2.45, 2.75) is 31.8 Å². The summed E-state index contributed by atoms with van der Waals surface area (Å²) in [5.41, 5.74) is 4.30. The van der Waals surface area contributed by atoms with Gasteiger partial charge in [0.05, 0.1) is 0 Å². The molecule has 2 aromatic carbocycles. The van der Waals surface area contributed by atoms with E-state index < -0.39 is 0 Å². The number of rotatable bonds is 6. The van der Waals surface area contributed by atoms with Crippen LogP contribution in [0, 0.1) is 0 Å². The lowest BCUT2D eigenvalue weighted by Gasteiger charge is -2.38. The summed E-state index contributed by atoms with van der Waals surface area (Å²) >= 11 is 5.93. The molecule has 2 aliphatic rings. The normalized spacial score (nSPS) is 18.3. The van der Waals surface area contributed by atoms with Gasteiger partial charge in [-0.1, -0.05) is 41.9 Å². The van der Waals surface area contributed by atoms with E-state index in [0.717, 1.165) is 30.7 Å². The second kappa shape index (κ2) is 8.43. The predicted octanol–water partition coefficient (Wildman–Crippen LogP) is 3.96. The van der Waals surface area contributed by atoms with Crippen LogP contribution in [0.25, 0.3) is 0 Å². The van der Waals surface area contributed by atoms with Crippen LogP contribution in [-0.2, 0) is 13.0 Å². The van der Waals surface area contributed by atoms with E-state index in [-0.39, 0.29) is 0 Å². The molecule has 1 fully saturated rings. The number of likely N-dealkylation sites (tertiary alicyclic amines) is 1. The molecule has 0 atom stereocenters. The minimum absolute atomic E-state index is 0.719. The lowest BCUT2D eigenvalue weighted by atomic mass is 10.0. The van der Waals surface area contributed by atoms with Gasteiger partial charge in [0.2, 0.25) is 0 Å². The fourth-order valence-electron chi connectivity index (χ4n) is 4.27. The van der Waals surface area contributed by atoms with Crippen LogP contribution in [0.3, 0.4) is 0 Å². The maximum atomic E-state index is 5.93. The zero-order valence-electron chi connectivity index (χ0n) is 15.3. The number of para-hydroxylation sites is 1. The standard InChI is InChI=1S/C22H28ClN3/c23-20-7-5-18(6-8-20)17-24-12-16-25-13-10-21(11-14-25)26-15-9-19-3-1-2-4-22(19)26/h1-8,21,24H,9-17H2. The fourth-order valence-corrected chi connectivity index (χ4v) is 4.40. The molecular formula is C22H28ClN3. The molecule has 4 rings (SSSR count). The van der Waals surface area contributed by atoms with Crippen LogP contribution in [0.4, 0.5) is 5.69 Å². The molecule has 138 valence electrons. The van der Waals surface area contributed by atoms with Gasteiger partial charge in [0, 0.05) is 56.0 Å². The third-order valence-corrected chi connectivity index (χ3v) is 6.02. The second-order valence-electron chi connectivity index (χ2n) is 7.45. The summed E-state index contributed by atoms with van der Waals surface area (Å²) in [6.45, 7) is 6.72. The Morgan fingerprint density at radius 2 is 1.73 bits per heavy atom. The zero-order valence-corrected chi connectivity index (χ0v) is 16.1. The molecule has 0 aliphatic carbocycles. The van der Waals surface area contributed by atoms with Crippen molar-refractivity contribution in [3.05, 3.63) is 64.7 Å². The van der Waals surface area contributed by atoms with Crippen molar-refractivity contribution in [1.29, 1.82) is 0 Å². The number of halogens is 1. The second-order valence-corrected chi connectivity index (χ2v) is 7.88. The highest BCUT2D eigenvalue weighted by atomic mass is 35.5. The largest absolute Gasteiger partial charge is 0.368 e. The summed E-state index contributed by atoms with van der Waals surface area (Å²) in [6.07, 6.45) is 3.78. The van der Waals surface area contributed by atoms with E-state index in [9.17, 15) is 0 Å². The molecule has 0 amide bonds. The number of anilines is 1. The van der Waals surface area contributed by atoms with Gasteiger partial charge in [-0.3, -0.25) is 0 Å². The summed E-state index contributed by atoms with van der Waals surface area (Å²) in [4.78, 5) is 5.26. The van der Waals surface area contributed by atoms with E-state index in [2.05, 4.69) is 51.5 Å². The molecule has 0 spiro atoms. The molecule has 0 bridgehead atoms. The fraction of sp³-hybridized carbons (Fsp3) is 0.455. The number of nitrogens with one attached hydrogen (secondary N) is 1. The van der Waals surface area contributed by atoms with E-state index in [1.54, 1.807) is 0 Å². The first-order valence-corrected chi connectivity index (χ1v) is 10.2. The van der Waals surface area contributed by atoms with Gasteiger partial charge in [0.25, 0.3) is 0 Å². The van der Waals surface area contributed by atoms with Crippen molar-refractivity contribution in [1.82, 2.24) is 10.2 Å².